The first-order valence-electron chi connectivity index (χ1n) is 4.87. The van der Waals surface area contributed by atoms with E-state index in [4.69, 9.17) is 6.58 Å². The molecule has 1 N–H and O–H groups in total. The Morgan fingerprint density at radius 2 is 2.33 bits per heavy atom. The maximum absolute atomic E-state index is 5.22. The number of rotatable bonds is 4. The average molecular weight is 164 g/mol. The van der Waals surface area contributed by atoms with Gasteiger partial charge >= 0.3 is 0 Å². The van der Waals surface area contributed by atoms with Crippen LogP contribution in [0.4, 0.5) is 0 Å². The van der Waals surface area contributed by atoms with Crippen LogP contribution in [0.25, 0.3) is 0 Å². The van der Waals surface area contributed by atoms with Crippen molar-refractivity contribution in [3.63, 3.8) is 0 Å². The third-order valence-electron chi connectivity index (χ3n) is 2.34. The lowest BCUT2D eigenvalue weighted by Gasteiger charge is -2.22. The molecule has 67 valence electrons. The largest absolute Gasteiger partial charge is 0.314 e. The predicted octanol–water partition coefficient (Wildman–Crippen LogP) is 2.45. The van der Waals surface area contributed by atoms with Crippen molar-refractivity contribution in [3.8, 4) is 0 Å². The minimum Gasteiger partial charge on any atom is -0.314 e. The quantitative estimate of drug-likeness (QED) is 0.629. The molecule has 0 amide bonds. The molecule has 0 aromatic heterocycles. The number of hydrogen-bond acceptors (Lipinski definition) is 1. The third kappa shape index (κ3) is 3.72. The van der Waals surface area contributed by atoms with Gasteiger partial charge in [-0.2, -0.15) is 0 Å². The number of allylic oxidation sites excluding steroid dienone is 3. The maximum atomic E-state index is 5.22. The molecule has 1 nitrogen and oxygen atoms in total. The first kappa shape index (κ1) is 9.53. The standard InChI is InChI=1S/C11H18N/c1-2-3-4-5-8-11-9-6-7-10-12-11/h1-4,11-12H,5-10H2. The fraction of sp³-hybridized carbons (Fsp3) is 0.636. The highest BCUT2D eigenvalue weighted by atomic mass is 14.9. The van der Waals surface area contributed by atoms with Gasteiger partial charge in [0.05, 0.1) is 0 Å². The topological polar surface area (TPSA) is 12.0 Å². The van der Waals surface area contributed by atoms with Crippen LogP contribution < -0.4 is 5.32 Å². The van der Waals surface area contributed by atoms with E-state index in [2.05, 4.69) is 11.4 Å². The highest BCUT2D eigenvalue weighted by Gasteiger charge is 2.10. The van der Waals surface area contributed by atoms with Crippen LogP contribution >= 0.6 is 0 Å². The molecular formula is C11H18N. The lowest BCUT2D eigenvalue weighted by Crippen LogP contribution is -2.33. The molecule has 0 aromatic rings. The van der Waals surface area contributed by atoms with Crippen molar-refractivity contribution in [3.05, 3.63) is 24.8 Å². The molecule has 1 radical (unpaired) electrons. The van der Waals surface area contributed by atoms with E-state index in [-0.39, 0.29) is 0 Å². The molecule has 1 atom stereocenters. The molecular weight excluding hydrogens is 146 g/mol. The van der Waals surface area contributed by atoms with Gasteiger partial charge < -0.3 is 5.32 Å². The van der Waals surface area contributed by atoms with Crippen molar-refractivity contribution in [2.75, 3.05) is 6.54 Å². The summed E-state index contributed by atoms with van der Waals surface area (Å²) >= 11 is 0. The summed E-state index contributed by atoms with van der Waals surface area (Å²) < 4.78 is 0. The van der Waals surface area contributed by atoms with E-state index >= 15 is 0 Å². The van der Waals surface area contributed by atoms with Crippen molar-refractivity contribution >= 4 is 0 Å². The van der Waals surface area contributed by atoms with Crippen LogP contribution in [0.1, 0.15) is 32.1 Å². The summed E-state index contributed by atoms with van der Waals surface area (Å²) in [7, 11) is 0. The lowest BCUT2D eigenvalue weighted by atomic mass is 10.0. The summed E-state index contributed by atoms with van der Waals surface area (Å²) in [6.07, 6.45) is 12.1. The molecule has 0 bridgehead atoms. The van der Waals surface area contributed by atoms with Gasteiger partial charge in [-0.05, 0) is 32.2 Å². The van der Waals surface area contributed by atoms with Crippen molar-refractivity contribution < 1.29 is 0 Å². The van der Waals surface area contributed by atoms with E-state index in [1.54, 1.807) is 6.08 Å². The summed E-state index contributed by atoms with van der Waals surface area (Å²) in [5.74, 6) is 0. The monoisotopic (exact) mass is 164 g/mol. The highest BCUT2D eigenvalue weighted by Crippen LogP contribution is 2.11. The zero-order valence-electron chi connectivity index (χ0n) is 7.63. The molecule has 1 saturated heterocycles. The summed E-state index contributed by atoms with van der Waals surface area (Å²) in [4.78, 5) is 0. The van der Waals surface area contributed by atoms with E-state index < -0.39 is 0 Å². The molecule has 1 aliphatic heterocycles. The van der Waals surface area contributed by atoms with Gasteiger partial charge in [-0.3, -0.25) is 0 Å². The Labute approximate surface area is 75.6 Å². The minimum atomic E-state index is 0.751. The van der Waals surface area contributed by atoms with Crippen LogP contribution in [0.3, 0.4) is 0 Å². The van der Waals surface area contributed by atoms with Gasteiger partial charge in [0.1, 0.15) is 0 Å². The summed E-state index contributed by atoms with van der Waals surface area (Å²) in [5, 5.41) is 3.52. The summed E-state index contributed by atoms with van der Waals surface area (Å²) in [6, 6.07) is 0.751. The Balaban J connectivity index is 2.05. The average Bonchev–Trinajstić information content (AvgIpc) is 2.14. The second-order valence-corrected chi connectivity index (χ2v) is 3.34. The first-order valence-corrected chi connectivity index (χ1v) is 4.87. The van der Waals surface area contributed by atoms with Gasteiger partial charge in [-0.15, -0.1) is 0 Å². The van der Waals surface area contributed by atoms with Crippen molar-refractivity contribution in [1.82, 2.24) is 5.32 Å². The predicted molar refractivity (Wildman–Crippen MR) is 52.9 cm³/mol. The van der Waals surface area contributed by atoms with Crippen LogP contribution in [0.15, 0.2) is 18.2 Å². The first-order chi connectivity index (χ1) is 5.93. The molecule has 1 fully saturated rings. The zero-order chi connectivity index (χ0) is 8.65. The van der Waals surface area contributed by atoms with Crippen LogP contribution in [0.5, 0.6) is 0 Å². The fourth-order valence-electron chi connectivity index (χ4n) is 1.64. The van der Waals surface area contributed by atoms with Gasteiger partial charge in [0.2, 0.25) is 0 Å². The maximum Gasteiger partial charge on any atom is 0.00700 e. The molecule has 1 unspecified atom stereocenters. The van der Waals surface area contributed by atoms with Crippen molar-refractivity contribution in [1.29, 1.82) is 0 Å². The van der Waals surface area contributed by atoms with Gasteiger partial charge in [0, 0.05) is 6.04 Å². The molecule has 0 spiro atoms. The molecule has 1 rings (SSSR count). The Bertz CT molecular complexity index is 143. The Morgan fingerprint density at radius 1 is 1.42 bits per heavy atom. The molecule has 0 aliphatic carbocycles. The van der Waals surface area contributed by atoms with Gasteiger partial charge in [-0.1, -0.05) is 31.2 Å². The zero-order valence-corrected chi connectivity index (χ0v) is 7.63. The number of nitrogens with one attached hydrogen (secondary N) is 1. The van der Waals surface area contributed by atoms with Gasteiger partial charge in [-0.25, -0.2) is 0 Å². The molecule has 1 aliphatic rings. The molecule has 0 aromatic carbocycles. The molecule has 1 heteroatoms. The summed E-state index contributed by atoms with van der Waals surface area (Å²) in [6.45, 7) is 6.43. The van der Waals surface area contributed by atoms with Gasteiger partial charge in [0.15, 0.2) is 0 Å². The van der Waals surface area contributed by atoms with E-state index in [1.165, 1.54) is 32.2 Å². The van der Waals surface area contributed by atoms with Crippen molar-refractivity contribution in [2.24, 2.45) is 0 Å². The van der Waals surface area contributed by atoms with E-state index in [9.17, 15) is 0 Å². The summed E-state index contributed by atoms with van der Waals surface area (Å²) in [5.41, 5.74) is 0. The molecule has 0 saturated carbocycles. The molecule has 12 heavy (non-hydrogen) atoms. The van der Waals surface area contributed by atoms with E-state index in [0.29, 0.717) is 0 Å². The molecule has 1 heterocycles. The Morgan fingerprint density at radius 3 is 3.00 bits per heavy atom. The van der Waals surface area contributed by atoms with Crippen molar-refractivity contribution in [2.45, 2.75) is 38.1 Å². The second-order valence-electron chi connectivity index (χ2n) is 3.34. The van der Waals surface area contributed by atoms with Crippen LogP contribution in [0.2, 0.25) is 0 Å². The Kier molecular flexibility index (Phi) is 4.77. The van der Waals surface area contributed by atoms with E-state index in [1.807, 2.05) is 6.08 Å². The third-order valence-corrected chi connectivity index (χ3v) is 2.34. The van der Waals surface area contributed by atoms with Gasteiger partial charge in [0.25, 0.3) is 0 Å². The highest BCUT2D eigenvalue weighted by molar-refractivity contribution is 4.95. The SMILES string of the molecule is [CH]=CC=CCCC1CCCCN1. The lowest BCUT2D eigenvalue weighted by molar-refractivity contribution is 0.384. The number of hydrogen-bond donors (Lipinski definition) is 1. The normalized spacial score (nSPS) is 24.5. The smallest absolute Gasteiger partial charge is 0.00700 e. The van der Waals surface area contributed by atoms with Crippen LogP contribution in [-0.4, -0.2) is 12.6 Å². The second kappa shape index (κ2) is 6.01. The van der Waals surface area contributed by atoms with Crippen LogP contribution in [-0.2, 0) is 0 Å². The minimum absolute atomic E-state index is 0.751. The van der Waals surface area contributed by atoms with Crippen LogP contribution in [0, 0.1) is 6.58 Å². The fourth-order valence-corrected chi connectivity index (χ4v) is 1.64. The Hall–Kier alpha value is -0.560. The van der Waals surface area contributed by atoms with E-state index in [0.717, 1.165) is 12.5 Å². The number of piperidine rings is 1.